The molecule has 552 valence electrons. The summed E-state index contributed by atoms with van der Waals surface area (Å²) in [5.41, 5.74) is 0. The Kier molecular flexibility index (Phi) is 66.1. The Labute approximate surface area is 581 Å². The summed E-state index contributed by atoms with van der Waals surface area (Å²) < 4.78 is 68.2. The number of carbonyl (C=O) groups is 4. The van der Waals surface area contributed by atoms with Crippen LogP contribution in [0.4, 0.5) is 0 Å². The lowest BCUT2D eigenvalue weighted by atomic mass is 10.0. The van der Waals surface area contributed by atoms with Crippen LogP contribution in [0, 0.1) is 0 Å². The van der Waals surface area contributed by atoms with E-state index in [1.54, 1.807) is 12.2 Å². The molecule has 0 fully saturated rings. The van der Waals surface area contributed by atoms with Gasteiger partial charge in [0, 0.05) is 19.3 Å². The molecule has 0 aliphatic heterocycles. The molecule has 0 radical (unpaired) electrons. The monoisotopic (exact) mass is 1390 g/mol. The van der Waals surface area contributed by atoms with Crippen LogP contribution in [-0.2, 0) is 65.4 Å². The van der Waals surface area contributed by atoms with Gasteiger partial charge in [0.1, 0.15) is 19.3 Å². The van der Waals surface area contributed by atoms with Gasteiger partial charge in [-0.2, -0.15) is 0 Å². The number of unbranched alkanes of at least 4 members (excludes halogenated alkanes) is 26. The van der Waals surface area contributed by atoms with Crippen molar-refractivity contribution in [2.24, 2.45) is 0 Å². The fraction of sp³-hybridized carbons (Fsp3) is 0.714. The third kappa shape index (κ3) is 68.3. The van der Waals surface area contributed by atoms with Crippen LogP contribution in [0.15, 0.2) is 109 Å². The van der Waals surface area contributed by atoms with Gasteiger partial charge in [0.05, 0.1) is 32.8 Å². The number of aliphatic hydroxyl groups is 1. The number of allylic oxidation sites excluding steroid dienone is 17. The van der Waals surface area contributed by atoms with E-state index < -0.39 is 97.5 Å². The van der Waals surface area contributed by atoms with Crippen molar-refractivity contribution in [1.82, 2.24) is 0 Å². The van der Waals surface area contributed by atoms with Gasteiger partial charge in [0.2, 0.25) is 0 Å². The highest BCUT2D eigenvalue weighted by Gasteiger charge is 2.30. The largest absolute Gasteiger partial charge is 0.472 e. The number of hydrogen-bond donors (Lipinski definition) is 3. The average molecular weight is 1390 g/mol. The minimum absolute atomic E-state index is 0.0959. The van der Waals surface area contributed by atoms with Crippen molar-refractivity contribution in [1.29, 1.82) is 0 Å². The molecule has 5 unspecified atom stereocenters. The van der Waals surface area contributed by atoms with Crippen molar-refractivity contribution in [3.63, 3.8) is 0 Å². The SMILES string of the molecule is CC/C=C\C/C=C\C/C=C\C/C=C\C/C=C\CC(=O)OC(COC(=O)CCCCCC/C=C\C/C=C\C/C=C\C/C=C\CC)COP(=O)(O)OCC(O)COP(=O)(O)OCC(COC(=O)CCCCCCCCCCCCCCC)OC(=O)CCCCCCCCCCCCC. The number of rotatable bonds is 69. The van der Waals surface area contributed by atoms with E-state index in [-0.39, 0.29) is 25.7 Å². The molecule has 0 aromatic rings. The standard InChI is InChI=1S/C77H132O17P2/c1-5-9-13-17-21-25-29-32-34-35-37-39-43-46-50-54-58-62-75(80)88-68-73(94-77(82)64-60-56-52-48-44-40-36-33-30-26-22-18-14-10-6-2)70-92-96(85,86)90-66-71(78)65-89-95(83,84)91-69-72(93-76(81)63-59-55-51-47-41-28-24-20-16-12-8-4)67-87-74(79)61-57-53-49-45-42-38-31-27-23-19-15-11-7-3/h9-10,13-14,21-22,25-26,32-34,36-37,39,44,48,56,60,71-73,78H,5-8,11-12,15-20,23-24,27-31,35,38,40-43,45-47,49-55,57-59,61-70H2,1-4H3,(H,83,84)(H,85,86)/b13-9-,14-10-,25-21-,26-22-,34-32-,36-33-,39-37-,48-44-,60-56-. The summed E-state index contributed by atoms with van der Waals surface area (Å²) in [7, 11) is -9.97. The topological polar surface area (TPSA) is 237 Å². The van der Waals surface area contributed by atoms with Gasteiger partial charge in [-0.15, -0.1) is 0 Å². The van der Waals surface area contributed by atoms with E-state index in [1.807, 2.05) is 12.2 Å². The Hall–Kier alpha value is -4.28. The van der Waals surface area contributed by atoms with Crippen LogP contribution < -0.4 is 0 Å². The van der Waals surface area contributed by atoms with Gasteiger partial charge in [-0.25, -0.2) is 9.13 Å². The van der Waals surface area contributed by atoms with E-state index in [9.17, 15) is 43.2 Å². The summed E-state index contributed by atoms with van der Waals surface area (Å²) >= 11 is 0. The minimum atomic E-state index is -5.00. The second kappa shape index (κ2) is 69.2. The number of phosphoric ester groups is 2. The van der Waals surface area contributed by atoms with Gasteiger partial charge in [-0.05, 0) is 89.9 Å². The molecule has 0 aliphatic carbocycles. The molecule has 0 saturated carbocycles. The van der Waals surface area contributed by atoms with E-state index in [0.29, 0.717) is 25.7 Å². The molecule has 5 atom stereocenters. The quantitative estimate of drug-likeness (QED) is 0.0169. The van der Waals surface area contributed by atoms with Crippen LogP contribution in [0.2, 0.25) is 0 Å². The smallest absolute Gasteiger partial charge is 0.462 e. The highest BCUT2D eigenvalue weighted by atomic mass is 31.2. The predicted octanol–water partition coefficient (Wildman–Crippen LogP) is 21.0. The maximum Gasteiger partial charge on any atom is 0.472 e. The molecule has 17 nitrogen and oxygen atoms in total. The summed E-state index contributed by atoms with van der Waals surface area (Å²) in [4.78, 5) is 72.6. The zero-order valence-electron chi connectivity index (χ0n) is 60.0. The lowest BCUT2D eigenvalue weighted by Crippen LogP contribution is -2.30. The maximum atomic E-state index is 13.0. The summed E-state index contributed by atoms with van der Waals surface area (Å²) in [6.07, 6.45) is 72.7. The fourth-order valence-corrected chi connectivity index (χ4v) is 11.3. The Morgan fingerprint density at radius 3 is 0.927 bits per heavy atom. The van der Waals surface area contributed by atoms with Gasteiger partial charge in [0.25, 0.3) is 0 Å². The Morgan fingerprint density at radius 2 is 0.583 bits per heavy atom. The second-order valence-electron chi connectivity index (χ2n) is 24.5. The third-order valence-electron chi connectivity index (χ3n) is 15.3. The van der Waals surface area contributed by atoms with Gasteiger partial charge < -0.3 is 33.8 Å². The van der Waals surface area contributed by atoms with Crippen LogP contribution in [0.3, 0.4) is 0 Å². The van der Waals surface area contributed by atoms with E-state index in [0.717, 1.165) is 122 Å². The second-order valence-corrected chi connectivity index (χ2v) is 27.4. The van der Waals surface area contributed by atoms with E-state index in [4.69, 9.17) is 37.0 Å². The molecule has 0 rings (SSSR count). The van der Waals surface area contributed by atoms with Crippen molar-refractivity contribution in [2.75, 3.05) is 39.6 Å². The van der Waals surface area contributed by atoms with Gasteiger partial charge in [-0.3, -0.25) is 37.3 Å². The van der Waals surface area contributed by atoms with Crippen LogP contribution in [0.25, 0.3) is 0 Å². The maximum absolute atomic E-state index is 13.0. The molecule has 0 aromatic carbocycles. The van der Waals surface area contributed by atoms with Gasteiger partial charge in [-0.1, -0.05) is 291 Å². The normalized spacial score (nSPS) is 14.6. The highest BCUT2D eigenvalue weighted by molar-refractivity contribution is 7.47. The van der Waals surface area contributed by atoms with Crippen molar-refractivity contribution >= 4 is 39.5 Å². The number of esters is 4. The Morgan fingerprint density at radius 1 is 0.312 bits per heavy atom. The number of ether oxygens (including phenoxy) is 4. The lowest BCUT2D eigenvalue weighted by molar-refractivity contribution is -0.161. The molecule has 96 heavy (non-hydrogen) atoms. The first-order chi connectivity index (χ1) is 46.7. The van der Waals surface area contributed by atoms with E-state index in [2.05, 4.69) is 113 Å². The molecule has 0 spiro atoms. The van der Waals surface area contributed by atoms with Crippen LogP contribution >= 0.6 is 15.6 Å². The average Bonchev–Trinajstić information content (AvgIpc) is 2.14. The first kappa shape index (κ1) is 91.7. The van der Waals surface area contributed by atoms with Crippen LogP contribution in [0.5, 0.6) is 0 Å². The molecule has 0 bridgehead atoms. The number of carbonyl (C=O) groups excluding carboxylic acids is 4. The van der Waals surface area contributed by atoms with Crippen molar-refractivity contribution in [2.45, 2.75) is 316 Å². The summed E-state index contributed by atoms with van der Waals surface area (Å²) in [5.74, 6) is -2.34. The molecule has 0 aromatic heterocycles. The zero-order valence-corrected chi connectivity index (χ0v) is 61.8. The first-order valence-electron chi connectivity index (χ1n) is 37.1. The summed E-state index contributed by atoms with van der Waals surface area (Å²) in [6.45, 7) is 4.50. The summed E-state index contributed by atoms with van der Waals surface area (Å²) in [6, 6.07) is 0. The van der Waals surface area contributed by atoms with Crippen molar-refractivity contribution in [3.8, 4) is 0 Å². The molecule has 0 aliphatic rings. The minimum Gasteiger partial charge on any atom is -0.462 e. The van der Waals surface area contributed by atoms with Gasteiger partial charge >= 0.3 is 39.5 Å². The predicted molar refractivity (Wildman–Crippen MR) is 390 cm³/mol. The highest BCUT2D eigenvalue weighted by Crippen LogP contribution is 2.45. The fourth-order valence-electron chi connectivity index (χ4n) is 9.70. The van der Waals surface area contributed by atoms with Crippen LogP contribution in [-0.4, -0.2) is 96.7 Å². The number of aliphatic hydroxyl groups excluding tert-OH is 1. The summed E-state index contributed by atoms with van der Waals surface area (Å²) in [5, 5.41) is 10.6. The molecule has 19 heteroatoms. The Balaban J connectivity index is 5.41. The first-order valence-corrected chi connectivity index (χ1v) is 40.1. The zero-order chi connectivity index (χ0) is 70.4. The van der Waals surface area contributed by atoms with E-state index >= 15 is 0 Å². The van der Waals surface area contributed by atoms with Gasteiger partial charge in [0.15, 0.2) is 12.2 Å². The third-order valence-corrected chi connectivity index (χ3v) is 17.2. The number of phosphoric acid groups is 2. The number of hydrogen-bond acceptors (Lipinski definition) is 15. The molecule has 0 saturated heterocycles. The van der Waals surface area contributed by atoms with Crippen molar-refractivity contribution in [3.05, 3.63) is 109 Å². The molecular weight excluding hydrogens is 1260 g/mol. The van der Waals surface area contributed by atoms with Crippen molar-refractivity contribution < 1.29 is 80.2 Å². The van der Waals surface area contributed by atoms with Crippen LogP contribution in [0.1, 0.15) is 297 Å². The lowest BCUT2D eigenvalue weighted by Gasteiger charge is -2.21. The molecule has 0 amide bonds. The van der Waals surface area contributed by atoms with E-state index in [1.165, 1.54) is 96.3 Å². The molecule has 3 N–H and O–H groups in total. The molecule has 0 heterocycles. The molecular formula is C77H132O17P2. The Bertz CT molecular complexity index is 2250.